The minimum Gasteiger partial charge on any atom is -0.362 e. The van der Waals surface area contributed by atoms with Gasteiger partial charge in [0.15, 0.2) is 5.11 Å². The van der Waals surface area contributed by atoms with Gasteiger partial charge in [0, 0.05) is 20.1 Å². The molecule has 0 bridgehead atoms. The Bertz CT molecular complexity index is 374. The van der Waals surface area contributed by atoms with Crippen molar-refractivity contribution in [2.75, 3.05) is 13.6 Å². The maximum atomic E-state index is 5.35. The van der Waals surface area contributed by atoms with E-state index in [4.69, 9.17) is 12.2 Å². The van der Waals surface area contributed by atoms with Crippen LogP contribution in [0.5, 0.6) is 0 Å². The minimum absolute atomic E-state index is 0.611. The first-order chi connectivity index (χ1) is 8.00. The molecular formula is C14H22N2S. The highest BCUT2D eigenvalue weighted by atomic mass is 32.1. The van der Waals surface area contributed by atoms with Crippen LogP contribution in [0.2, 0.25) is 0 Å². The van der Waals surface area contributed by atoms with Gasteiger partial charge in [-0.15, -0.1) is 0 Å². The van der Waals surface area contributed by atoms with Crippen molar-refractivity contribution in [3.8, 4) is 0 Å². The van der Waals surface area contributed by atoms with E-state index in [-0.39, 0.29) is 0 Å². The number of hydrogen-bond donors (Lipinski definition) is 1. The van der Waals surface area contributed by atoms with Crippen LogP contribution in [0.25, 0.3) is 0 Å². The second-order valence-corrected chi connectivity index (χ2v) is 5.25. The van der Waals surface area contributed by atoms with Gasteiger partial charge in [-0.3, -0.25) is 0 Å². The third-order valence-corrected chi connectivity index (χ3v) is 3.13. The molecule has 0 aliphatic rings. The summed E-state index contributed by atoms with van der Waals surface area (Å²) in [5.41, 5.74) is 2.63. The molecule has 94 valence electrons. The summed E-state index contributed by atoms with van der Waals surface area (Å²) < 4.78 is 0. The van der Waals surface area contributed by atoms with Crippen molar-refractivity contribution < 1.29 is 0 Å². The molecule has 0 saturated heterocycles. The number of aryl methyl sites for hydroxylation is 1. The Morgan fingerprint density at radius 1 is 1.35 bits per heavy atom. The summed E-state index contributed by atoms with van der Waals surface area (Å²) in [7, 11) is 2.03. The van der Waals surface area contributed by atoms with Crippen LogP contribution in [0.1, 0.15) is 25.0 Å². The number of hydrogen-bond acceptors (Lipinski definition) is 1. The molecule has 3 heteroatoms. The van der Waals surface area contributed by atoms with Gasteiger partial charge < -0.3 is 10.2 Å². The lowest BCUT2D eigenvalue weighted by molar-refractivity contribution is 0.478. The lowest BCUT2D eigenvalue weighted by Crippen LogP contribution is -2.38. The van der Waals surface area contributed by atoms with E-state index in [1.807, 2.05) is 7.05 Å². The zero-order chi connectivity index (χ0) is 12.8. The quantitative estimate of drug-likeness (QED) is 0.827. The SMILES string of the molecule is Cc1ccccc1CN(C)C(=S)NCC(C)C. The summed E-state index contributed by atoms with van der Waals surface area (Å²) in [6.45, 7) is 8.27. The molecule has 0 saturated carbocycles. The van der Waals surface area contributed by atoms with Crippen LogP contribution < -0.4 is 5.32 Å². The van der Waals surface area contributed by atoms with E-state index in [0.29, 0.717) is 5.92 Å². The molecule has 0 heterocycles. The molecule has 0 aromatic heterocycles. The molecule has 0 aliphatic carbocycles. The normalized spacial score (nSPS) is 10.4. The predicted molar refractivity (Wildman–Crippen MR) is 78.1 cm³/mol. The van der Waals surface area contributed by atoms with E-state index in [1.54, 1.807) is 0 Å². The van der Waals surface area contributed by atoms with Crippen molar-refractivity contribution in [3.63, 3.8) is 0 Å². The van der Waals surface area contributed by atoms with E-state index in [2.05, 4.69) is 55.3 Å². The van der Waals surface area contributed by atoms with Crippen LogP contribution in [0.4, 0.5) is 0 Å². The standard InChI is InChI=1S/C14H22N2S/c1-11(2)9-15-14(17)16(4)10-13-8-6-5-7-12(13)3/h5-8,11H,9-10H2,1-4H3,(H,15,17). The fraction of sp³-hybridized carbons (Fsp3) is 0.500. The molecular weight excluding hydrogens is 228 g/mol. The van der Waals surface area contributed by atoms with Gasteiger partial charge in [-0.05, 0) is 36.2 Å². The number of nitrogens with one attached hydrogen (secondary N) is 1. The first-order valence-corrected chi connectivity index (χ1v) is 6.45. The Kier molecular flexibility index (Phi) is 5.42. The maximum Gasteiger partial charge on any atom is 0.168 e. The first kappa shape index (κ1) is 14.0. The summed E-state index contributed by atoms with van der Waals surface area (Å²) in [6, 6.07) is 8.42. The van der Waals surface area contributed by atoms with Crippen LogP contribution in [-0.2, 0) is 6.54 Å². The monoisotopic (exact) mass is 250 g/mol. The van der Waals surface area contributed by atoms with E-state index >= 15 is 0 Å². The van der Waals surface area contributed by atoms with E-state index < -0.39 is 0 Å². The van der Waals surface area contributed by atoms with Gasteiger partial charge in [-0.25, -0.2) is 0 Å². The maximum absolute atomic E-state index is 5.35. The van der Waals surface area contributed by atoms with Gasteiger partial charge in [0.2, 0.25) is 0 Å². The average Bonchev–Trinajstić information content (AvgIpc) is 2.28. The molecule has 0 unspecified atom stereocenters. The molecule has 0 amide bonds. The summed E-state index contributed by atoms with van der Waals surface area (Å²) in [4.78, 5) is 2.08. The van der Waals surface area contributed by atoms with Crippen LogP contribution in [0, 0.1) is 12.8 Å². The van der Waals surface area contributed by atoms with Crippen molar-refractivity contribution in [3.05, 3.63) is 35.4 Å². The Labute approximate surface area is 110 Å². The highest BCUT2D eigenvalue weighted by molar-refractivity contribution is 7.80. The van der Waals surface area contributed by atoms with Gasteiger partial charge in [0.05, 0.1) is 0 Å². The molecule has 2 nitrogen and oxygen atoms in total. The van der Waals surface area contributed by atoms with E-state index in [9.17, 15) is 0 Å². The average molecular weight is 250 g/mol. The van der Waals surface area contributed by atoms with Crippen LogP contribution in [0.3, 0.4) is 0 Å². The summed E-state index contributed by atoms with van der Waals surface area (Å²) in [6.07, 6.45) is 0. The first-order valence-electron chi connectivity index (χ1n) is 6.04. The molecule has 0 spiro atoms. The topological polar surface area (TPSA) is 15.3 Å². The second kappa shape index (κ2) is 6.60. The smallest absolute Gasteiger partial charge is 0.168 e. The molecule has 0 atom stereocenters. The number of nitrogens with zero attached hydrogens (tertiary/aromatic N) is 1. The fourth-order valence-electron chi connectivity index (χ4n) is 1.54. The summed E-state index contributed by atoms with van der Waals surface area (Å²) in [5, 5.41) is 4.10. The van der Waals surface area contributed by atoms with Gasteiger partial charge in [-0.1, -0.05) is 38.1 Å². The molecule has 1 rings (SSSR count). The lowest BCUT2D eigenvalue weighted by Gasteiger charge is -2.22. The summed E-state index contributed by atoms with van der Waals surface area (Å²) >= 11 is 5.35. The molecule has 17 heavy (non-hydrogen) atoms. The van der Waals surface area contributed by atoms with Gasteiger partial charge in [0.1, 0.15) is 0 Å². The molecule has 1 N–H and O–H groups in total. The molecule has 0 radical (unpaired) electrons. The van der Waals surface area contributed by atoms with Gasteiger partial charge in [0.25, 0.3) is 0 Å². The number of thiocarbonyl (C=S) groups is 1. The third kappa shape index (κ3) is 4.73. The van der Waals surface area contributed by atoms with Crippen LogP contribution in [-0.4, -0.2) is 23.6 Å². The number of rotatable bonds is 4. The van der Waals surface area contributed by atoms with Crippen LogP contribution in [0.15, 0.2) is 24.3 Å². The van der Waals surface area contributed by atoms with Crippen LogP contribution >= 0.6 is 12.2 Å². The highest BCUT2D eigenvalue weighted by Gasteiger charge is 2.06. The zero-order valence-electron chi connectivity index (χ0n) is 11.2. The lowest BCUT2D eigenvalue weighted by atomic mass is 10.1. The molecule has 0 fully saturated rings. The van der Waals surface area contributed by atoms with Crippen molar-refractivity contribution in [1.82, 2.24) is 10.2 Å². The predicted octanol–water partition coefficient (Wildman–Crippen LogP) is 2.96. The van der Waals surface area contributed by atoms with E-state index in [0.717, 1.165) is 18.2 Å². The molecule has 1 aromatic rings. The van der Waals surface area contributed by atoms with Gasteiger partial charge in [-0.2, -0.15) is 0 Å². The molecule has 1 aromatic carbocycles. The number of benzene rings is 1. The molecule has 0 aliphatic heterocycles. The van der Waals surface area contributed by atoms with Crippen molar-refractivity contribution >= 4 is 17.3 Å². The Morgan fingerprint density at radius 2 is 2.00 bits per heavy atom. The minimum atomic E-state index is 0.611. The van der Waals surface area contributed by atoms with Crippen molar-refractivity contribution in [2.24, 2.45) is 5.92 Å². The Balaban J connectivity index is 2.51. The largest absolute Gasteiger partial charge is 0.362 e. The van der Waals surface area contributed by atoms with E-state index in [1.165, 1.54) is 11.1 Å². The van der Waals surface area contributed by atoms with Crippen molar-refractivity contribution in [1.29, 1.82) is 0 Å². The highest BCUT2D eigenvalue weighted by Crippen LogP contribution is 2.09. The zero-order valence-corrected chi connectivity index (χ0v) is 12.0. The van der Waals surface area contributed by atoms with Gasteiger partial charge >= 0.3 is 0 Å². The second-order valence-electron chi connectivity index (χ2n) is 4.86. The third-order valence-electron chi connectivity index (χ3n) is 2.68. The Morgan fingerprint density at radius 3 is 2.59 bits per heavy atom. The Hall–Kier alpha value is -1.09. The summed E-state index contributed by atoms with van der Waals surface area (Å²) in [5.74, 6) is 0.611. The van der Waals surface area contributed by atoms with Crippen molar-refractivity contribution in [2.45, 2.75) is 27.3 Å². The fourth-order valence-corrected chi connectivity index (χ4v) is 1.69.